The van der Waals surface area contributed by atoms with E-state index in [2.05, 4.69) is 6.92 Å². The van der Waals surface area contributed by atoms with Crippen LogP contribution in [0.2, 0.25) is 5.02 Å². The second-order valence-electron chi connectivity index (χ2n) is 4.44. The average Bonchev–Trinajstić information content (AvgIpc) is 2.43. The van der Waals surface area contributed by atoms with Gasteiger partial charge >= 0.3 is 5.97 Å². The molecule has 0 bridgehead atoms. The molecule has 0 heterocycles. The number of rotatable bonds is 5. The summed E-state index contributed by atoms with van der Waals surface area (Å²) in [6.45, 7) is 2.12. The highest BCUT2D eigenvalue weighted by Crippen LogP contribution is 2.28. The number of aryl methyl sites for hydroxylation is 1. The molecule has 4 heteroatoms. The Kier molecular flexibility index (Phi) is 4.64. The van der Waals surface area contributed by atoms with Crippen LogP contribution in [0.1, 0.15) is 29.3 Å². The first-order chi connectivity index (χ1) is 9.60. The molecule has 0 aliphatic carbocycles. The summed E-state index contributed by atoms with van der Waals surface area (Å²) in [5.41, 5.74) is 1.28. The smallest absolute Gasteiger partial charge is 0.339 e. The van der Waals surface area contributed by atoms with Gasteiger partial charge in [-0.2, -0.15) is 0 Å². The van der Waals surface area contributed by atoms with E-state index >= 15 is 0 Å². The lowest BCUT2D eigenvalue weighted by Gasteiger charge is -2.09. The van der Waals surface area contributed by atoms with Crippen molar-refractivity contribution in [3.63, 3.8) is 0 Å². The summed E-state index contributed by atoms with van der Waals surface area (Å²) in [5.74, 6) is -0.176. The molecule has 104 valence electrons. The molecule has 0 spiro atoms. The van der Waals surface area contributed by atoms with E-state index in [4.69, 9.17) is 21.4 Å². The van der Waals surface area contributed by atoms with Gasteiger partial charge in [0.25, 0.3) is 0 Å². The standard InChI is InChI=1S/C16H15ClO3/c1-2-3-11-4-7-13(8-5-11)20-15-9-6-12(17)10-14(15)16(18)19/h4-10H,2-3H2,1H3,(H,18,19). The van der Waals surface area contributed by atoms with Crippen molar-refractivity contribution >= 4 is 17.6 Å². The molecule has 2 aromatic carbocycles. The minimum atomic E-state index is -1.06. The van der Waals surface area contributed by atoms with Crippen LogP contribution in [-0.2, 0) is 6.42 Å². The maximum absolute atomic E-state index is 11.2. The molecule has 0 amide bonds. The number of halogens is 1. The molecule has 0 aliphatic rings. The van der Waals surface area contributed by atoms with Crippen LogP contribution in [-0.4, -0.2) is 11.1 Å². The number of carboxylic acids is 1. The highest BCUT2D eigenvalue weighted by Gasteiger charge is 2.12. The van der Waals surface area contributed by atoms with Crippen molar-refractivity contribution in [3.05, 3.63) is 58.6 Å². The lowest BCUT2D eigenvalue weighted by Crippen LogP contribution is -2.00. The van der Waals surface area contributed by atoms with Gasteiger partial charge in [0, 0.05) is 5.02 Å². The molecule has 2 aromatic rings. The van der Waals surface area contributed by atoms with Gasteiger partial charge in [-0.15, -0.1) is 0 Å². The van der Waals surface area contributed by atoms with Gasteiger partial charge in [0.2, 0.25) is 0 Å². The summed E-state index contributed by atoms with van der Waals surface area (Å²) in [6, 6.07) is 12.2. The van der Waals surface area contributed by atoms with Gasteiger partial charge in [0.05, 0.1) is 0 Å². The van der Waals surface area contributed by atoms with E-state index in [0.29, 0.717) is 10.8 Å². The zero-order valence-electron chi connectivity index (χ0n) is 11.1. The van der Waals surface area contributed by atoms with E-state index in [1.54, 1.807) is 12.1 Å². The normalized spacial score (nSPS) is 10.3. The molecule has 0 radical (unpaired) electrons. The third-order valence-electron chi connectivity index (χ3n) is 2.86. The Morgan fingerprint density at radius 3 is 2.50 bits per heavy atom. The van der Waals surface area contributed by atoms with Crippen molar-refractivity contribution in [1.29, 1.82) is 0 Å². The maximum atomic E-state index is 11.2. The van der Waals surface area contributed by atoms with Gasteiger partial charge < -0.3 is 9.84 Å². The van der Waals surface area contributed by atoms with E-state index in [9.17, 15) is 4.79 Å². The minimum absolute atomic E-state index is 0.0511. The molecule has 0 aliphatic heterocycles. The monoisotopic (exact) mass is 290 g/mol. The maximum Gasteiger partial charge on any atom is 0.339 e. The van der Waals surface area contributed by atoms with Crippen LogP contribution in [0.4, 0.5) is 0 Å². The molecule has 0 saturated heterocycles. The Bertz CT molecular complexity index is 606. The molecule has 20 heavy (non-hydrogen) atoms. The SMILES string of the molecule is CCCc1ccc(Oc2ccc(Cl)cc2C(=O)O)cc1. The summed E-state index contributed by atoms with van der Waals surface area (Å²) >= 11 is 5.80. The van der Waals surface area contributed by atoms with E-state index in [1.807, 2.05) is 24.3 Å². The van der Waals surface area contributed by atoms with Crippen LogP contribution < -0.4 is 4.74 Å². The van der Waals surface area contributed by atoms with Gasteiger partial charge in [0.15, 0.2) is 0 Å². The van der Waals surface area contributed by atoms with Crippen LogP contribution in [0.3, 0.4) is 0 Å². The van der Waals surface area contributed by atoms with E-state index < -0.39 is 5.97 Å². The summed E-state index contributed by atoms with van der Waals surface area (Å²) < 4.78 is 5.62. The van der Waals surface area contributed by atoms with Crippen LogP contribution in [0.25, 0.3) is 0 Å². The zero-order chi connectivity index (χ0) is 14.5. The molecule has 0 fully saturated rings. The van der Waals surface area contributed by atoms with E-state index in [-0.39, 0.29) is 11.3 Å². The van der Waals surface area contributed by atoms with Crippen molar-refractivity contribution in [2.75, 3.05) is 0 Å². The second-order valence-corrected chi connectivity index (χ2v) is 4.88. The number of hydrogen-bond acceptors (Lipinski definition) is 2. The van der Waals surface area contributed by atoms with Gasteiger partial charge in [-0.25, -0.2) is 4.79 Å². The summed E-state index contributed by atoms with van der Waals surface area (Å²) in [7, 11) is 0. The van der Waals surface area contributed by atoms with E-state index in [1.165, 1.54) is 11.6 Å². The Morgan fingerprint density at radius 1 is 1.20 bits per heavy atom. The molecule has 1 N–H and O–H groups in total. The zero-order valence-corrected chi connectivity index (χ0v) is 11.9. The number of carbonyl (C=O) groups is 1. The first-order valence-electron chi connectivity index (χ1n) is 6.40. The quantitative estimate of drug-likeness (QED) is 0.861. The molecule has 0 aromatic heterocycles. The Morgan fingerprint density at radius 2 is 1.90 bits per heavy atom. The van der Waals surface area contributed by atoms with Crippen molar-refractivity contribution in [1.82, 2.24) is 0 Å². The van der Waals surface area contributed by atoms with Gasteiger partial charge in [0.1, 0.15) is 17.1 Å². The third kappa shape index (κ3) is 3.52. The van der Waals surface area contributed by atoms with Gasteiger partial charge in [-0.05, 0) is 42.3 Å². The number of hydrogen-bond donors (Lipinski definition) is 1. The topological polar surface area (TPSA) is 46.5 Å². The third-order valence-corrected chi connectivity index (χ3v) is 3.10. The van der Waals surface area contributed by atoms with Gasteiger partial charge in [-0.1, -0.05) is 37.1 Å². The Labute approximate surface area is 122 Å². The highest BCUT2D eigenvalue weighted by molar-refractivity contribution is 6.31. The largest absolute Gasteiger partial charge is 0.478 e. The number of carboxylic acid groups (broad SMARTS) is 1. The molecule has 0 saturated carbocycles. The number of aromatic carboxylic acids is 1. The molecule has 0 unspecified atom stereocenters. The van der Waals surface area contributed by atoms with Crippen LogP contribution in [0.15, 0.2) is 42.5 Å². The molecular formula is C16H15ClO3. The average molecular weight is 291 g/mol. The lowest BCUT2D eigenvalue weighted by atomic mass is 10.1. The minimum Gasteiger partial charge on any atom is -0.478 e. The summed E-state index contributed by atoms with van der Waals surface area (Å²) in [5, 5.41) is 9.51. The fourth-order valence-corrected chi connectivity index (χ4v) is 2.07. The van der Waals surface area contributed by atoms with Gasteiger partial charge in [-0.3, -0.25) is 0 Å². The van der Waals surface area contributed by atoms with Crippen molar-refractivity contribution in [2.24, 2.45) is 0 Å². The molecule has 2 rings (SSSR count). The predicted octanol–water partition coefficient (Wildman–Crippen LogP) is 4.78. The molecular weight excluding hydrogens is 276 g/mol. The van der Waals surface area contributed by atoms with Crippen molar-refractivity contribution in [3.8, 4) is 11.5 Å². The van der Waals surface area contributed by atoms with Crippen LogP contribution in [0.5, 0.6) is 11.5 Å². The molecule has 0 atom stereocenters. The van der Waals surface area contributed by atoms with Crippen molar-refractivity contribution in [2.45, 2.75) is 19.8 Å². The predicted molar refractivity (Wildman–Crippen MR) is 78.9 cm³/mol. The highest BCUT2D eigenvalue weighted by atomic mass is 35.5. The summed E-state index contributed by atoms with van der Waals surface area (Å²) in [6.07, 6.45) is 2.10. The fraction of sp³-hybridized carbons (Fsp3) is 0.188. The number of ether oxygens (including phenoxy) is 1. The molecule has 3 nitrogen and oxygen atoms in total. The second kappa shape index (κ2) is 6.44. The Balaban J connectivity index is 2.23. The van der Waals surface area contributed by atoms with Crippen molar-refractivity contribution < 1.29 is 14.6 Å². The first kappa shape index (κ1) is 14.4. The van der Waals surface area contributed by atoms with E-state index in [0.717, 1.165) is 12.8 Å². The van der Waals surface area contributed by atoms with Crippen LogP contribution >= 0.6 is 11.6 Å². The van der Waals surface area contributed by atoms with Crippen LogP contribution in [0, 0.1) is 0 Å². The fourth-order valence-electron chi connectivity index (χ4n) is 1.90. The Hall–Kier alpha value is -2.00. The summed E-state index contributed by atoms with van der Waals surface area (Å²) in [4.78, 5) is 11.2. The number of benzene rings is 2. The first-order valence-corrected chi connectivity index (χ1v) is 6.77. The lowest BCUT2D eigenvalue weighted by molar-refractivity contribution is 0.0694.